The maximum absolute atomic E-state index is 5.40. The fourth-order valence-electron chi connectivity index (χ4n) is 1.23. The Kier molecular flexibility index (Phi) is 3.53. The third kappa shape index (κ3) is 2.60. The van der Waals surface area contributed by atoms with E-state index in [-0.39, 0.29) is 0 Å². The van der Waals surface area contributed by atoms with Crippen LogP contribution >= 0.6 is 0 Å². The zero-order chi connectivity index (χ0) is 9.68. The Morgan fingerprint density at radius 2 is 2.00 bits per heavy atom. The summed E-state index contributed by atoms with van der Waals surface area (Å²) in [5, 5.41) is 0. The van der Waals surface area contributed by atoms with Gasteiger partial charge in [-0.2, -0.15) is 0 Å². The topological polar surface area (TPSA) is 29.3 Å². The van der Waals surface area contributed by atoms with Crippen LogP contribution in [-0.2, 0) is 0 Å². The summed E-state index contributed by atoms with van der Waals surface area (Å²) >= 11 is 0. The molecule has 0 unspecified atom stereocenters. The first-order valence-electron chi connectivity index (χ1n) is 4.38. The molecule has 0 aromatic heterocycles. The van der Waals surface area contributed by atoms with Crippen LogP contribution in [0.25, 0.3) is 6.08 Å². The van der Waals surface area contributed by atoms with Crippen molar-refractivity contribution in [2.24, 2.45) is 5.73 Å². The highest BCUT2D eigenvalue weighted by molar-refractivity contribution is 5.67. The molecule has 0 amide bonds. The highest BCUT2D eigenvalue weighted by atomic mass is 15.1. The van der Waals surface area contributed by atoms with Crippen LogP contribution in [-0.4, -0.2) is 20.6 Å². The number of benzene rings is 1. The minimum atomic E-state index is 0.585. The lowest BCUT2D eigenvalue weighted by Crippen LogP contribution is -2.09. The van der Waals surface area contributed by atoms with E-state index in [1.165, 1.54) is 11.3 Å². The SMILES string of the molecule is CN(C)c1ccccc1/C=C/CN. The molecule has 0 aliphatic carbocycles. The van der Waals surface area contributed by atoms with E-state index in [0.717, 1.165) is 0 Å². The normalized spacial score (nSPS) is 10.7. The molecule has 2 nitrogen and oxygen atoms in total. The second-order valence-corrected chi connectivity index (χ2v) is 3.09. The van der Waals surface area contributed by atoms with Crippen LogP contribution in [0, 0.1) is 0 Å². The number of para-hydroxylation sites is 1. The van der Waals surface area contributed by atoms with E-state index in [9.17, 15) is 0 Å². The quantitative estimate of drug-likeness (QED) is 0.760. The van der Waals surface area contributed by atoms with Gasteiger partial charge in [-0.25, -0.2) is 0 Å². The molecule has 1 rings (SSSR count). The summed E-state index contributed by atoms with van der Waals surface area (Å²) in [7, 11) is 4.07. The van der Waals surface area contributed by atoms with Crippen LogP contribution < -0.4 is 10.6 Å². The average Bonchev–Trinajstić information content (AvgIpc) is 2.15. The molecule has 0 aliphatic heterocycles. The average molecular weight is 176 g/mol. The summed E-state index contributed by atoms with van der Waals surface area (Å²) in [6.07, 6.45) is 4.01. The van der Waals surface area contributed by atoms with Crippen LogP contribution in [0.5, 0.6) is 0 Å². The van der Waals surface area contributed by atoms with Gasteiger partial charge in [-0.3, -0.25) is 0 Å². The lowest BCUT2D eigenvalue weighted by atomic mass is 10.1. The third-order valence-electron chi connectivity index (χ3n) is 1.85. The van der Waals surface area contributed by atoms with Crippen molar-refractivity contribution in [3.05, 3.63) is 35.9 Å². The molecule has 0 saturated carbocycles. The van der Waals surface area contributed by atoms with Gasteiger partial charge in [0.15, 0.2) is 0 Å². The molecule has 70 valence electrons. The molecule has 1 aromatic rings. The van der Waals surface area contributed by atoms with Crippen molar-refractivity contribution < 1.29 is 0 Å². The zero-order valence-electron chi connectivity index (χ0n) is 8.20. The number of nitrogens with two attached hydrogens (primary N) is 1. The van der Waals surface area contributed by atoms with Crippen LogP contribution in [0.4, 0.5) is 5.69 Å². The standard InChI is InChI=1S/C11H16N2/c1-13(2)11-8-4-3-6-10(11)7-5-9-12/h3-8H,9,12H2,1-2H3/b7-5+. The number of nitrogens with zero attached hydrogens (tertiary/aromatic N) is 1. The molecule has 0 heterocycles. The van der Waals surface area contributed by atoms with E-state index in [1.807, 2.05) is 32.3 Å². The van der Waals surface area contributed by atoms with E-state index in [2.05, 4.69) is 23.1 Å². The maximum atomic E-state index is 5.40. The summed E-state index contributed by atoms with van der Waals surface area (Å²) in [4.78, 5) is 2.09. The van der Waals surface area contributed by atoms with Gasteiger partial charge >= 0.3 is 0 Å². The van der Waals surface area contributed by atoms with Crippen LogP contribution in [0.2, 0.25) is 0 Å². The van der Waals surface area contributed by atoms with Crippen LogP contribution in [0.3, 0.4) is 0 Å². The molecule has 0 spiro atoms. The Hall–Kier alpha value is -1.28. The van der Waals surface area contributed by atoms with Gasteiger partial charge in [-0.15, -0.1) is 0 Å². The maximum Gasteiger partial charge on any atom is 0.0434 e. The fraction of sp³-hybridized carbons (Fsp3) is 0.273. The van der Waals surface area contributed by atoms with Crippen molar-refractivity contribution in [2.75, 3.05) is 25.5 Å². The molecule has 0 aliphatic rings. The van der Waals surface area contributed by atoms with Gasteiger partial charge in [0.1, 0.15) is 0 Å². The third-order valence-corrected chi connectivity index (χ3v) is 1.85. The summed E-state index contributed by atoms with van der Waals surface area (Å²) in [5.41, 5.74) is 7.82. The van der Waals surface area contributed by atoms with Gasteiger partial charge in [0.25, 0.3) is 0 Å². The molecule has 13 heavy (non-hydrogen) atoms. The first-order valence-corrected chi connectivity index (χ1v) is 4.38. The summed E-state index contributed by atoms with van der Waals surface area (Å²) < 4.78 is 0. The predicted molar refractivity (Wildman–Crippen MR) is 58.9 cm³/mol. The number of rotatable bonds is 3. The number of anilines is 1. The Labute approximate surface area is 79.7 Å². The lowest BCUT2D eigenvalue weighted by molar-refractivity contribution is 1.13. The van der Waals surface area contributed by atoms with E-state index < -0.39 is 0 Å². The van der Waals surface area contributed by atoms with Crippen molar-refractivity contribution >= 4 is 11.8 Å². The molecule has 0 bridgehead atoms. The molecule has 0 radical (unpaired) electrons. The second-order valence-electron chi connectivity index (χ2n) is 3.09. The minimum Gasteiger partial charge on any atom is -0.377 e. The highest BCUT2D eigenvalue weighted by Gasteiger charge is 1.98. The van der Waals surface area contributed by atoms with Crippen molar-refractivity contribution in [1.29, 1.82) is 0 Å². The number of hydrogen-bond donors (Lipinski definition) is 1. The lowest BCUT2D eigenvalue weighted by Gasteiger charge is -2.15. The highest BCUT2D eigenvalue weighted by Crippen LogP contribution is 2.18. The van der Waals surface area contributed by atoms with E-state index in [4.69, 9.17) is 5.73 Å². The van der Waals surface area contributed by atoms with Crippen LogP contribution in [0.15, 0.2) is 30.3 Å². The fourth-order valence-corrected chi connectivity index (χ4v) is 1.23. The van der Waals surface area contributed by atoms with E-state index >= 15 is 0 Å². The van der Waals surface area contributed by atoms with Gasteiger partial charge in [0.05, 0.1) is 0 Å². The van der Waals surface area contributed by atoms with Gasteiger partial charge in [-0.1, -0.05) is 30.4 Å². The largest absolute Gasteiger partial charge is 0.377 e. The zero-order valence-corrected chi connectivity index (χ0v) is 8.20. The first kappa shape index (κ1) is 9.81. The van der Waals surface area contributed by atoms with Crippen molar-refractivity contribution in [3.8, 4) is 0 Å². The molecule has 0 saturated heterocycles. The first-order chi connectivity index (χ1) is 6.25. The molecule has 2 N–H and O–H groups in total. The summed E-state index contributed by atoms with van der Waals surface area (Å²) in [6, 6.07) is 8.25. The van der Waals surface area contributed by atoms with Crippen molar-refractivity contribution in [2.45, 2.75) is 0 Å². The smallest absolute Gasteiger partial charge is 0.0434 e. The van der Waals surface area contributed by atoms with Crippen molar-refractivity contribution in [3.63, 3.8) is 0 Å². The van der Waals surface area contributed by atoms with E-state index in [1.54, 1.807) is 0 Å². The van der Waals surface area contributed by atoms with Crippen LogP contribution in [0.1, 0.15) is 5.56 Å². The van der Waals surface area contributed by atoms with Gasteiger partial charge in [-0.05, 0) is 11.6 Å². The monoisotopic (exact) mass is 176 g/mol. The van der Waals surface area contributed by atoms with Crippen molar-refractivity contribution in [1.82, 2.24) is 0 Å². The van der Waals surface area contributed by atoms with Gasteiger partial charge in [0.2, 0.25) is 0 Å². The molecule has 0 atom stereocenters. The Balaban J connectivity index is 2.97. The van der Waals surface area contributed by atoms with E-state index in [0.29, 0.717) is 6.54 Å². The number of hydrogen-bond acceptors (Lipinski definition) is 2. The molecule has 2 heteroatoms. The molecular formula is C11H16N2. The van der Waals surface area contributed by atoms with Gasteiger partial charge in [0, 0.05) is 26.3 Å². The molecule has 1 aromatic carbocycles. The Bertz CT molecular complexity index is 290. The Morgan fingerprint density at radius 1 is 1.31 bits per heavy atom. The second kappa shape index (κ2) is 4.67. The Morgan fingerprint density at radius 3 is 2.62 bits per heavy atom. The summed E-state index contributed by atoms with van der Waals surface area (Å²) in [5.74, 6) is 0. The summed E-state index contributed by atoms with van der Waals surface area (Å²) in [6.45, 7) is 0.585. The van der Waals surface area contributed by atoms with Gasteiger partial charge < -0.3 is 10.6 Å². The molecule has 0 fully saturated rings. The minimum absolute atomic E-state index is 0.585. The predicted octanol–water partition coefficient (Wildman–Crippen LogP) is 1.72. The molecular weight excluding hydrogens is 160 g/mol.